The Morgan fingerprint density at radius 3 is 1.00 bits per heavy atom. The molecule has 0 heterocycles. The van der Waals surface area contributed by atoms with Gasteiger partial charge in [-0.1, -0.05) is 13.8 Å². The molecule has 0 N–H and O–H groups in total. The van der Waals surface area contributed by atoms with Gasteiger partial charge in [0, 0.05) is 39.3 Å². The molecule has 0 aliphatic rings. The first-order valence-electron chi connectivity index (χ1n) is 6.49. The van der Waals surface area contributed by atoms with Crippen molar-refractivity contribution in [2.75, 3.05) is 68.1 Å². The highest BCUT2D eigenvalue weighted by atomic mass is 16.5. The van der Waals surface area contributed by atoms with Crippen LogP contribution < -0.4 is 0 Å². The summed E-state index contributed by atoms with van der Waals surface area (Å²) in [6.07, 6.45) is 0. The average molecular weight is 278 g/mol. The van der Waals surface area contributed by atoms with E-state index < -0.39 is 0 Å². The van der Waals surface area contributed by atoms with Gasteiger partial charge >= 0.3 is 0 Å². The minimum Gasteiger partial charge on any atom is -0.384 e. The van der Waals surface area contributed by atoms with Crippen molar-refractivity contribution in [1.82, 2.24) is 0 Å². The first-order valence-corrected chi connectivity index (χ1v) is 6.49. The normalized spacial score (nSPS) is 12.9. The molecular formula is C14H30O5. The molecule has 0 amide bonds. The lowest BCUT2D eigenvalue weighted by Crippen LogP contribution is -2.38. The van der Waals surface area contributed by atoms with Crippen LogP contribution in [0.4, 0.5) is 0 Å². The van der Waals surface area contributed by atoms with E-state index in [9.17, 15) is 0 Å². The SMILES string of the molecule is COCC(C)(COC)COCC(C)(COC)COC. The summed E-state index contributed by atoms with van der Waals surface area (Å²) in [5, 5.41) is 0. The van der Waals surface area contributed by atoms with Crippen molar-refractivity contribution < 1.29 is 23.7 Å². The number of ether oxygens (including phenoxy) is 5. The fraction of sp³-hybridized carbons (Fsp3) is 1.00. The Hall–Kier alpha value is -0.200. The predicted octanol–water partition coefficient (Wildman–Crippen LogP) is 1.60. The summed E-state index contributed by atoms with van der Waals surface area (Å²) < 4.78 is 26.8. The Bertz CT molecular complexity index is 186. The quantitative estimate of drug-likeness (QED) is 0.542. The fourth-order valence-electron chi connectivity index (χ4n) is 2.19. The zero-order chi connectivity index (χ0) is 14.8. The third-order valence-electron chi connectivity index (χ3n) is 2.87. The van der Waals surface area contributed by atoms with Gasteiger partial charge in [0.1, 0.15) is 0 Å². The second kappa shape index (κ2) is 9.66. The van der Waals surface area contributed by atoms with Crippen molar-refractivity contribution in [3.63, 3.8) is 0 Å². The summed E-state index contributed by atoms with van der Waals surface area (Å²) in [5.41, 5.74) is -0.269. The van der Waals surface area contributed by atoms with Crippen LogP contribution in [0.2, 0.25) is 0 Å². The molecule has 0 radical (unpaired) electrons. The maximum Gasteiger partial charge on any atom is 0.0564 e. The molecule has 116 valence electrons. The van der Waals surface area contributed by atoms with Gasteiger partial charge in [0.05, 0.1) is 39.6 Å². The Morgan fingerprint density at radius 2 is 0.789 bits per heavy atom. The Kier molecular flexibility index (Phi) is 9.56. The largest absolute Gasteiger partial charge is 0.384 e. The van der Waals surface area contributed by atoms with Gasteiger partial charge in [0.2, 0.25) is 0 Å². The highest BCUT2D eigenvalue weighted by molar-refractivity contribution is 4.76. The monoisotopic (exact) mass is 278 g/mol. The summed E-state index contributed by atoms with van der Waals surface area (Å²) in [7, 11) is 6.75. The average Bonchev–Trinajstić information content (AvgIpc) is 2.29. The highest BCUT2D eigenvalue weighted by Gasteiger charge is 2.29. The van der Waals surface area contributed by atoms with E-state index >= 15 is 0 Å². The topological polar surface area (TPSA) is 46.2 Å². The van der Waals surface area contributed by atoms with Gasteiger partial charge in [-0.05, 0) is 0 Å². The van der Waals surface area contributed by atoms with Crippen LogP contribution in [0.15, 0.2) is 0 Å². The Morgan fingerprint density at radius 1 is 0.526 bits per heavy atom. The number of hydrogen-bond acceptors (Lipinski definition) is 5. The van der Waals surface area contributed by atoms with Crippen LogP contribution in [0, 0.1) is 10.8 Å². The number of rotatable bonds is 12. The molecule has 0 unspecified atom stereocenters. The first-order chi connectivity index (χ1) is 8.95. The molecule has 0 atom stereocenters. The Balaban J connectivity index is 4.27. The molecule has 0 aliphatic carbocycles. The molecule has 0 aromatic carbocycles. The van der Waals surface area contributed by atoms with Crippen LogP contribution in [0.1, 0.15) is 13.8 Å². The molecule has 5 nitrogen and oxygen atoms in total. The van der Waals surface area contributed by atoms with E-state index in [1.54, 1.807) is 28.4 Å². The van der Waals surface area contributed by atoms with Gasteiger partial charge < -0.3 is 23.7 Å². The standard InChI is InChI=1S/C14H30O5/c1-13(7-15-3,8-16-4)11-19-12-14(2,9-17-5)10-18-6/h7-12H2,1-6H3. The van der Waals surface area contributed by atoms with Crippen molar-refractivity contribution in [2.45, 2.75) is 13.8 Å². The van der Waals surface area contributed by atoms with E-state index in [-0.39, 0.29) is 10.8 Å². The van der Waals surface area contributed by atoms with Gasteiger partial charge in [0.15, 0.2) is 0 Å². The number of hydrogen-bond donors (Lipinski definition) is 0. The van der Waals surface area contributed by atoms with Crippen molar-refractivity contribution in [1.29, 1.82) is 0 Å². The summed E-state index contributed by atoms with van der Waals surface area (Å²) >= 11 is 0. The summed E-state index contributed by atoms with van der Waals surface area (Å²) in [4.78, 5) is 0. The van der Waals surface area contributed by atoms with Crippen molar-refractivity contribution in [3.8, 4) is 0 Å². The molecule has 5 heteroatoms. The summed E-state index contributed by atoms with van der Waals surface area (Å²) in [5.74, 6) is 0. The highest BCUT2D eigenvalue weighted by Crippen LogP contribution is 2.22. The van der Waals surface area contributed by atoms with Crippen LogP contribution >= 0.6 is 0 Å². The minimum atomic E-state index is -0.134. The second-order valence-electron chi connectivity index (χ2n) is 5.85. The van der Waals surface area contributed by atoms with Crippen molar-refractivity contribution in [2.24, 2.45) is 10.8 Å². The smallest absolute Gasteiger partial charge is 0.0564 e. The molecule has 0 bridgehead atoms. The Labute approximate surface area is 117 Å². The third kappa shape index (κ3) is 7.84. The molecule has 0 aromatic heterocycles. The van der Waals surface area contributed by atoms with Crippen LogP contribution in [0.5, 0.6) is 0 Å². The molecule has 0 saturated heterocycles. The van der Waals surface area contributed by atoms with Crippen LogP contribution in [0.25, 0.3) is 0 Å². The van der Waals surface area contributed by atoms with Crippen molar-refractivity contribution in [3.05, 3.63) is 0 Å². The van der Waals surface area contributed by atoms with E-state index in [1.807, 2.05) is 0 Å². The molecule has 0 rings (SSSR count). The summed E-state index contributed by atoms with van der Waals surface area (Å²) in [6, 6.07) is 0. The van der Waals surface area contributed by atoms with E-state index in [0.29, 0.717) is 39.6 Å². The van der Waals surface area contributed by atoms with Crippen molar-refractivity contribution >= 4 is 0 Å². The third-order valence-corrected chi connectivity index (χ3v) is 2.87. The number of methoxy groups -OCH3 is 4. The lowest BCUT2D eigenvalue weighted by atomic mass is 9.92. The van der Waals surface area contributed by atoms with Crippen LogP contribution in [0.3, 0.4) is 0 Å². The molecule has 0 aliphatic heterocycles. The van der Waals surface area contributed by atoms with Gasteiger partial charge in [0.25, 0.3) is 0 Å². The van der Waals surface area contributed by atoms with Gasteiger partial charge in [-0.3, -0.25) is 0 Å². The molecule has 0 spiro atoms. The van der Waals surface area contributed by atoms with Gasteiger partial charge in [-0.25, -0.2) is 0 Å². The second-order valence-corrected chi connectivity index (χ2v) is 5.85. The lowest BCUT2D eigenvalue weighted by molar-refractivity contribution is -0.0826. The maximum atomic E-state index is 5.85. The van der Waals surface area contributed by atoms with Gasteiger partial charge in [-0.2, -0.15) is 0 Å². The van der Waals surface area contributed by atoms with E-state index in [0.717, 1.165) is 0 Å². The van der Waals surface area contributed by atoms with Crippen LogP contribution in [-0.2, 0) is 23.7 Å². The van der Waals surface area contributed by atoms with E-state index in [1.165, 1.54) is 0 Å². The maximum absolute atomic E-state index is 5.85. The molecule has 0 saturated carbocycles. The molecule has 0 aromatic rings. The minimum absolute atomic E-state index is 0.134. The van der Waals surface area contributed by atoms with Gasteiger partial charge in [-0.15, -0.1) is 0 Å². The van der Waals surface area contributed by atoms with E-state index in [4.69, 9.17) is 23.7 Å². The predicted molar refractivity (Wildman–Crippen MR) is 74.5 cm³/mol. The lowest BCUT2D eigenvalue weighted by Gasteiger charge is -2.32. The zero-order valence-corrected chi connectivity index (χ0v) is 13.3. The van der Waals surface area contributed by atoms with Crippen LogP contribution in [-0.4, -0.2) is 68.1 Å². The molecule has 0 fully saturated rings. The first kappa shape index (κ1) is 18.8. The fourth-order valence-corrected chi connectivity index (χ4v) is 2.19. The molecular weight excluding hydrogens is 248 g/mol. The molecule has 19 heavy (non-hydrogen) atoms. The summed E-state index contributed by atoms with van der Waals surface area (Å²) in [6.45, 7) is 7.75. The van der Waals surface area contributed by atoms with E-state index in [2.05, 4.69) is 13.8 Å². The zero-order valence-electron chi connectivity index (χ0n) is 13.3.